The van der Waals surface area contributed by atoms with Crippen LogP contribution in [0.4, 0.5) is 0 Å². The minimum atomic E-state index is -0.411. The number of hydrogen-bond donors (Lipinski definition) is 0. The molecule has 0 aliphatic carbocycles. The first-order valence-electron chi connectivity index (χ1n) is 6.30. The van der Waals surface area contributed by atoms with E-state index in [2.05, 4.69) is 4.98 Å². The van der Waals surface area contributed by atoms with Crippen LogP contribution in [0, 0.1) is 6.92 Å². The fourth-order valence-electron chi connectivity index (χ4n) is 1.92. The summed E-state index contributed by atoms with van der Waals surface area (Å²) >= 11 is 4.49. The van der Waals surface area contributed by atoms with Gasteiger partial charge in [-0.2, -0.15) is 0 Å². The van der Waals surface area contributed by atoms with E-state index in [9.17, 15) is 9.59 Å². The largest absolute Gasteiger partial charge is 0.461 e. The molecule has 21 heavy (non-hydrogen) atoms. The number of ether oxygens (including phenoxy) is 1. The lowest BCUT2D eigenvalue weighted by Gasteiger charge is -1.98. The number of carbonyl (C=O) groups excluding carboxylic acids is 2. The molecule has 0 fully saturated rings. The van der Waals surface area contributed by atoms with Gasteiger partial charge in [0.1, 0.15) is 5.01 Å². The van der Waals surface area contributed by atoms with Gasteiger partial charge in [-0.15, -0.1) is 34.4 Å². The number of esters is 1. The molecule has 0 N–H and O–H groups in total. The van der Waals surface area contributed by atoms with E-state index in [-0.39, 0.29) is 5.78 Å². The number of rotatable bonds is 5. The maximum Gasteiger partial charge on any atom is 0.357 e. The molecule has 4 nitrogen and oxygen atoms in total. The molecule has 2 aromatic heterocycles. The first-order chi connectivity index (χ1) is 9.99. The molecular formula is C14H15NO3S3. The van der Waals surface area contributed by atoms with Crippen LogP contribution in [-0.2, 0) is 4.74 Å². The Morgan fingerprint density at radius 2 is 2.14 bits per heavy atom. The second kappa shape index (κ2) is 6.72. The second-order valence-electron chi connectivity index (χ2n) is 4.24. The molecule has 0 radical (unpaired) electrons. The average Bonchev–Trinajstić information content (AvgIpc) is 3.02. The topological polar surface area (TPSA) is 56.3 Å². The highest BCUT2D eigenvalue weighted by molar-refractivity contribution is 8.00. The Bertz CT molecular complexity index is 688. The van der Waals surface area contributed by atoms with E-state index in [0.29, 0.717) is 12.3 Å². The number of ketones is 1. The van der Waals surface area contributed by atoms with Crippen LogP contribution in [-0.4, -0.2) is 29.6 Å². The molecule has 0 bridgehead atoms. The molecular weight excluding hydrogens is 326 g/mol. The zero-order chi connectivity index (χ0) is 15.6. The Balaban J connectivity index is 2.43. The standard InChI is InChI=1S/C14H15NO3S3/c1-5-18-13(17)9-6-20-12(15-9)11-7(2)10(8(3)16)14(19-4)21-11/h6H,5H2,1-4H3. The summed E-state index contributed by atoms with van der Waals surface area (Å²) in [5.74, 6) is -0.354. The molecule has 0 aliphatic heterocycles. The Morgan fingerprint density at radius 1 is 1.43 bits per heavy atom. The molecule has 2 heterocycles. The van der Waals surface area contributed by atoms with Gasteiger partial charge >= 0.3 is 5.97 Å². The van der Waals surface area contributed by atoms with E-state index in [1.54, 1.807) is 42.3 Å². The van der Waals surface area contributed by atoms with Crippen molar-refractivity contribution in [1.82, 2.24) is 4.98 Å². The minimum absolute atomic E-state index is 0.0570. The van der Waals surface area contributed by atoms with Crippen molar-refractivity contribution in [3.8, 4) is 9.88 Å². The van der Waals surface area contributed by atoms with Gasteiger partial charge < -0.3 is 4.74 Å². The third kappa shape index (κ3) is 3.20. The molecule has 2 rings (SSSR count). The number of Topliss-reactive ketones (excluding diaryl/α,β-unsaturated/α-hetero) is 1. The zero-order valence-electron chi connectivity index (χ0n) is 12.2. The molecule has 0 spiro atoms. The van der Waals surface area contributed by atoms with Crippen LogP contribution in [0.5, 0.6) is 0 Å². The summed E-state index contributed by atoms with van der Waals surface area (Å²) < 4.78 is 5.93. The van der Waals surface area contributed by atoms with Crippen LogP contribution in [0.3, 0.4) is 0 Å². The third-order valence-corrected chi connectivity index (χ3v) is 6.24. The van der Waals surface area contributed by atoms with Crippen LogP contribution in [0.15, 0.2) is 9.59 Å². The molecule has 0 atom stereocenters. The van der Waals surface area contributed by atoms with E-state index in [4.69, 9.17) is 4.74 Å². The number of thiazole rings is 1. The van der Waals surface area contributed by atoms with Crippen molar-refractivity contribution in [3.63, 3.8) is 0 Å². The summed E-state index contributed by atoms with van der Waals surface area (Å²) in [6.07, 6.45) is 1.95. The van der Waals surface area contributed by atoms with Gasteiger partial charge in [0.25, 0.3) is 0 Å². The van der Waals surface area contributed by atoms with Crippen LogP contribution in [0.1, 0.15) is 40.3 Å². The van der Waals surface area contributed by atoms with E-state index < -0.39 is 5.97 Å². The molecule has 0 amide bonds. The Kier molecular flexibility index (Phi) is 5.18. The van der Waals surface area contributed by atoms with Crippen LogP contribution in [0.25, 0.3) is 9.88 Å². The fraction of sp³-hybridized carbons (Fsp3) is 0.357. The smallest absolute Gasteiger partial charge is 0.357 e. The lowest BCUT2D eigenvalue weighted by Crippen LogP contribution is -2.04. The van der Waals surface area contributed by atoms with Gasteiger partial charge in [-0.1, -0.05) is 0 Å². The average molecular weight is 341 g/mol. The summed E-state index contributed by atoms with van der Waals surface area (Å²) in [5, 5.41) is 2.45. The number of thiophene rings is 1. The maximum atomic E-state index is 11.8. The second-order valence-corrected chi connectivity index (χ2v) is 7.19. The van der Waals surface area contributed by atoms with Gasteiger partial charge in [0.05, 0.1) is 15.7 Å². The molecule has 0 unspecified atom stereocenters. The van der Waals surface area contributed by atoms with Gasteiger partial charge in [-0.25, -0.2) is 9.78 Å². The number of hydrogen-bond acceptors (Lipinski definition) is 7. The number of aromatic nitrogens is 1. The minimum Gasteiger partial charge on any atom is -0.461 e. The predicted molar refractivity (Wildman–Crippen MR) is 87.9 cm³/mol. The quantitative estimate of drug-likeness (QED) is 0.461. The number of carbonyl (C=O) groups is 2. The monoisotopic (exact) mass is 341 g/mol. The molecule has 112 valence electrons. The van der Waals surface area contributed by atoms with Crippen molar-refractivity contribution in [1.29, 1.82) is 0 Å². The van der Waals surface area contributed by atoms with E-state index >= 15 is 0 Å². The molecule has 0 saturated carbocycles. The first-order valence-corrected chi connectivity index (χ1v) is 9.23. The van der Waals surface area contributed by atoms with Gasteiger partial charge in [0.2, 0.25) is 0 Å². The van der Waals surface area contributed by atoms with E-state index in [0.717, 1.165) is 25.2 Å². The molecule has 2 aromatic rings. The van der Waals surface area contributed by atoms with Crippen LogP contribution >= 0.6 is 34.4 Å². The van der Waals surface area contributed by atoms with Crippen molar-refractivity contribution in [2.45, 2.75) is 25.0 Å². The zero-order valence-corrected chi connectivity index (χ0v) is 14.6. The summed E-state index contributed by atoms with van der Waals surface area (Å²) in [5.41, 5.74) is 2.01. The van der Waals surface area contributed by atoms with Crippen LogP contribution < -0.4 is 0 Å². The highest BCUT2D eigenvalue weighted by atomic mass is 32.2. The van der Waals surface area contributed by atoms with Crippen molar-refractivity contribution in [2.24, 2.45) is 0 Å². The summed E-state index contributed by atoms with van der Waals surface area (Å²) in [6.45, 7) is 5.59. The van der Waals surface area contributed by atoms with Crippen LogP contribution in [0.2, 0.25) is 0 Å². The van der Waals surface area contributed by atoms with Gasteiger partial charge in [0.15, 0.2) is 11.5 Å². The van der Waals surface area contributed by atoms with Crippen molar-refractivity contribution < 1.29 is 14.3 Å². The van der Waals surface area contributed by atoms with Gasteiger partial charge in [-0.3, -0.25) is 4.79 Å². The Labute approximate surface area is 135 Å². The van der Waals surface area contributed by atoms with Crippen molar-refractivity contribution >= 4 is 46.2 Å². The summed E-state index contributed by atoms with van der Waals surface area (Å²) in [7, 11) is 0. The summed E-state index contributed by atoms with van der Waals surface area (Å²) in [4.78, 5) is 28.8. The normalized spacial score (nSPS) is 10.7. The van der Waals surface area contributed by atoms with Gasteiger partial charge in [0, 0.05) is 10.9 Å². The lowest BCUT2D eigenvalue weighted by molar-refractivity contribution is 0.0520. The fourth-order valence-corrected chi connectivity index (χ4v) is 5.03. The Hall–Kier alpha value is -1.18. The summed E-state index contributed by atoms with van der Waals surface area (Å²) in [6, 6.07) is 0. The van der Waals surface area contributed by atoms with E-state index in [1.165, 1.54) is 11.3 Å². The number of thioether (sulfide) groups is 1. The Morgan fingerprint density at radius 3 is 2.67 bits per heavy atom. The lowest BCUT2D eigenvalue weighted by atomic mass is 10.1. The number of nitrogens with zero attached hydrogens (tertiary/aromatic N) is 1. The SMILES string of the molecule is CCOC(=O)c1csc(-c2sc(SC)c(C(C)=O)c2C)n1. The molecule has 0 aliphatic rings. The highest BCUT2D eigenvalue weighted by Crippen LogP contribution is 2.41. The molecule has 7 heteroatoms. The van der Waals surface area contributed by atoms with Gasteiger partial charge in [-0.05, 0) is 32.6 Å². The molecule has 0 saturated heterocycles. The molecule has 0 aromatic carbocycles. The van der Waals surface area contributed by atoms with E-state index in [1.807, 2.05) is 13.2 Å². The first kappa shape index (κ1) is 16.2. The van der Waals surface area contributed by atoms with Crippen molar-refractivity contribution in [2.75, 3.05) is 12.9 Å². The third-order valence-electron chi connectivity index (χ3n) is 2.83. The highest BCUT2D eigenvalue weighted by Gasteiger charge is 2.21. The van der Waals surface area contributed by atoms with Crippen molar-refractivity contribution in [3.05, 3.63) is 22.2 Å². The maximum absolute atomic E-state index is 11.8. The predicted octanol–water partition coefficient (Wildman–Crippen LogP) is 4.28.